The summed E-state index contributed by atoms with van der Waals surface area (Å²) < 4.78 is 11.0. The van der Waals surface area contributed by atoms with Gasteiger partial charge in [-0.15, -0.1) is 0 Å². The van der Waals surface area contributed by atoms with E-state index >= 15 is 0 Å². The van der Waals surface area contributed by atoms with Crippen molar-refractivity contribution in [3.8, 4) is 23.4 Å². The van der Waals surface area contributed by atoms with Crippen LogP contribution in [0.25, 0.3) is 0 Å². The lowest BCUT2D eigenvalue weighted by Gasteiger charge is -2.13. The number of hydrogen-bond donors (Lipinski definition) is 1. The number of rotatable bonds is 8. The molecule has 0 radical (unpaired) electrons. The quantitative estimate of drug-likeness (QED) is 0.243. The van der Waals surface area contributed by atoms with E-state index in [9.17, 15) is 10.1 Å². The summed E-state index contributed by atoms with van der Waals surface area (Å²) in [6.07, 6.45) is 1.75. The van der Waals surface area contributed by atoms with Crippen molar-refractivity contribution >= 4 is 23.3 Å². The van der Waals surface area contributed by atoms with Crippen molar-refractivity contribution in [3.05, 3.63) is 69.8 Å². The first kappa shape index (κ1) is 20.9. The zero-order chi connectivity index (χ0) is 21.5. The van der Waals surface area contributed by atoms with Crippen molar-refractivity contribution < 1.29 is 14.4 Å². The van der Waals surface area contributed by atoms with Gasteiger partial charge in [-0.05, 0) is 24.0 Å². The first-order valence-electron chi connectivity index (χ1n) is 8.70. The smallest absolute Gasteiger partial charge is 0.373 e. The number of ether oxygens (including phenoxy) is 2. The van der Waals surface area contributed by atoms with E-state index in [4.69, 9.17) is 14.7 Å². The molecule has 3 rings (SSSR count). The molecule has 0 bridgehead atoms. The highest BCUT2D eigenvalue weighted by atomic mass is 32.2. The normalized spacial score (nSPS) is 10.2. The third kappa shape index (κ3) is 4.76. The van der Waals surface area contributed by atoms with Gasteiger partial charge in [-0.3, -0.25) is 10.1 Å². The van der Waals surface area contributed by atoms with Gasteiger partial charge in [0.05, 0.1) is 23.7 Å². The van der Waals surface area contributed by atoms with Crippen LogP contribution in [-0.2, 0) is 6.54 Å². The summed E-state index contributed by atoms with van der Waals surface area (Å²) in [4.78, 5) is 19.6. The summed E-state index contributed by atoms with van der Waals surface area (Å²) >= 11 is 1.22. The Balaban J connectivity index is 2.03. The van der Waals surface area contributed by atoms with Gasteiger partial charge in [-0.1, -0.05) is 42.1 Å². The van der Waals surface area contributed by atoms with Crippen LogP contribution in [0, 0.1) is 21.4 Å². The molecular weight excluding hydrogens is 406 g/mol. The van der Waals surface area contributed by atoms with Crippen LogP contribution in [0.15, 0.2) is 53.7 Å². The van der Waals surface area contributed by atoms with Crippen molar-refractivity contribution in [1.29, 1.82) is 5.26 Å². The van der Waals surface area contributed by atoms with E-state index in [2.05, 4.69) is 15.3 Å². The van der Waals surface area contributed by atoms with Gasteiger partial charge >= 0.3 is 11.6 Å². The Hall–Kier alpha value is -3.84. The van der Waals surface area contributed by atoms with E-state index in [-0.39, 0.29) is 17.4 Å². The average Bonchev–Trinajstić information content (AvgIpc) is 2.77. The summed E-state index contributed by atoms with van der Waals surface area (Å²) in [5.41, 5.74) is 0.838. The highest BCUT2D eigenvalue weighted by molar-refractivity contribution is 7.98. The van der Waals surface area contributed by atoms with Gasteiger partial charge in [0.15, 0.2) is 16.7 Å². The minimum atomic E-state index is -0.604. The molecular formula is C20H17N5O4S. The molecule has 0 aliphatic rings. The fourth-order valence-corrected chi connectivity index (χ4v) is 2.93. The molecule has 10 heteroatoms. The maximum Gasteiger partial charge on any atom is 0.373 e. The SMILES string of the molecule is COc1ccc(C#N)cc1Oc1nc(SC)nc(NCc2ccccc2)c1[N+](=O)[O-]. The van der Waals surface area contributed by atoms with Crippen molar-refractivity contribution in [2.24, 2.45) is 0 Å². The number of methoxy groups -OCH3 is 1. The molecule has 0 unspecified atom stereocenters. The lowest BCUT2D eigenvalue weighted by molar-refractivity contribution is -0.385. The Morgan fingerprint density at radius 2 is 1.97 bits per heavy atom. The van der Waals surface area contributed by atoms with E-state index in [1.807, 2.05) is 36.4 Å². The van der Waals surface area contributed by atoms with E-state index in [1.54, 1.807) is 18.4 Å². The molecule has 1 aromatic heterocycles. The van der Waals surface area contributed by atoms with Crippen molar-refractivity contribution in [3.63, 3.8) is 0 Å². The lowest BCUT2D eigenvalue weighted by Crippen LogP contribution is -2.08. The van der Waals surface area contributed by atoms with Gasteiger partial charge in [0.25, 0.3) is 0 Å². The monoisotopic (exact) mass is 423 g/mol. The van der Waals surface area contributed by atoms with Gasteiger partial charge in [0, 0.05) is 12.6 Å². The molecule has 0 amide bonds. The maximum absolute atomic E-state index is 11.8. The summed E-state index contributed by atoms with van der Waals surface area (Å²) in [5.74, 6) is 0.239. The van der Waals surface area contributed by atoms with Crippen LogP contribution < -0.4 is 14.8 Å². The highest BCUT2D eigenvalue weighted by Gasteiger charge is 2.28. The molecule has 9 nitrogen and oxygen atoms in total. The minimum Gasteiger partial charge on any atom is -0.493 e. The van der Waals surface area contributed by atoms with Crippen LogP contribution in [0.5, 0.6) is 17.4 Å². The Morgan fingerprint density at radius 3 is 2.60 bits per heavy atom. The average molecular weight is 423 g/mol. The first-order valence-corrected chi connectivity index (χ1v) is 9.92. The number of nitrogens with zero attached hydrogens (tertiary/aromatic N) is 4. The zero-order valence-corrected chi connectivity index (χ0v) is 17.0. The number of nitro groups is 1. The van der Waals surface area contributed by atoms with Crippen LogP contribution in [0.4, 0.5) is 11.5 Å². The predicted octanol–water partition coefficient (Wildman–Crippen LogP) is 4.39. The number of aromatic nitrogens is 2. The molecule has 0 atom stereocenters. The van der Waals surface area contributed by atoms with Crippen LogP contribution in [-0.4, -0.2) is 28.3 Å². The second kappa shape index (κ2) is 9.58. The second-order valence-corrected chi connectivity index (χ2v) is 6.66. The van der Waals surface area contributed by atoms with Crippen molar-refractivity contribution in [1.82, 2.24) is 9.97 Å². The van der Waals surface area contributed by atoms with E-state index in [1.165, 1.54) is 24.9 Å². The first-order chi connectivity index (χ1) is 14.5. The lowest BCUT2D eigenvalue weighted by atomic mass is 10.2. The van der Waals surface area contributed by atoms with Gasteiger partial charge in [0.1, 0.15) is 0 Å². The van der Waals surface area contributed by atoms with Gasteiger partial charge in [-0.2, -0.15) is 15.2 Å². The number of anilines is 1. The van der Waals surface area contributed by atoms with Gasteiger partial charge < -0.3 is 14.8 Å². The molecule has 1 N–H and O–H groups in total. The van der Waals surface area contributed by atoms with E-state index < -0.39 is 10.6 Å². The number of hydrogen-bond acceptors (Lipinski definition) is 9. The van der Waals surface area contributed by atoms with Gasteiger partial charge in [-0.25, -0.2) is 0 Å². The predicted molar refractivity (Wildman–Crippen MR) is 112 cm³/mol. The molecule has 30 heavy (non-hydrogen) atoms. The van der Waals surface area contributed by atoms with Gasteiger partial charge in [0.2, 0.25) is 5.82 Å². The minimum absolute atomic E-state index is 0.0357. The molecule has 0 fully saturated rings. The fourth-order valence-electron chi connectivity index (χ4n) is 2.58. The summed E-state index contributed by atoms with van der Waals surface area (Å²) in [5, 5.41) is 24.3. The second-order valence-electron chi connectivity index (χ2n) is 5.89. The largest absolute Gasteiger partial charge is 0.493 e. The number of benzene rings is 2. The molecule has 0 saturated carbocycles. The molecule has 0 saturated heterocycles. The fraction of sp³-hybridized carbons (Fsp3) is 0.150. The van der Waals surface area contributed by atoms with Crippen LogP contribution in [0.2, 0.25) is 0 Å². The third-order valence-electron chi connectivity index (χ3n) is 4.00. The molecule has 152 valence electrons. The molecule has 1 heterocycles. The Bertz CT molecular complexity index is 1100. The molecule has 0 spiro atoms. The number of thioether (sulfide) groups is 1. The van der Waals surface area contributed by atoms with Crippen LogP contribution in [0.1, 0.15) is 11.1 Å². The summed E-state index contributed by atoms with van der Waals surface area (Å²) in [6, 6.07) is 16.0. The Kier molecular flexibility index (Phi) is 6.67. The zero-order valence-electron chi connectivity index (χ0n) is 16.2. The van der Waals surface area contributed by atoms with E-state index in [0.29, 0.717) is 23.0 Å². The molecule has 3 aromatic rings. The molecule has 0 aliphatic heterocycles. The number of nitriles is 1. The Labute approximate surface area is 176 Å². The standard InChI is InChI=1S/C20H17N5O4S/c1-28-15-9-8-14(11-21)10-16(15)29-19-17(25(26)27)18(23-20(24-19)30-2)22-12-13-6-4-3-5-7-13/h3-10H,12H2,1-2H3,(H,22,23,24). The van der Waals surface area contributed by atoms with Crippen molar-refractivity contribution in [2.75, 3.05) is 18.7 Å². The summed E-state index contributed by atoms with van der Waals surface area (Å²) in [7, 11) is 1.43. The van der Waals surface area contributed by atoms with Crippen molar-refractivity contribution in [2.45, 2.75) is 11.7 Å². The highest BCUT2D eigenvalue weighted by Crippen LogP contribution is 2.39. The summed E-state index contributed by atoms with van der Waals surface area (Å²) in [6.45, 7) is 0.333. The third-order valence-corrected chi connectivity index (χ3v) is 4.55. The number of nitrogens with one attached hydrogen (secondary N) is 1. The van der Waals surface area contributed by atoms with Crippen LogP contribution >= 0.6 is 11.8 Å². The molecule has 0 aliphatic carbocycles. The van der Waals surface area contributed by atoms with Crippen LogP contribution in [0.3, 0.4) is 0 Å². The maximum atomic E-state index is 11.8. The Morgan fingerprint density at radius 1 is 1.20 bits per heavy atom. The van der Waals surface area contributed by atoms with E-state index in [0.717, 1.165) is 5.56 Å². The topological polar surface area (TPSA) is 123 Å². The molecule has 2 aromatic carbocycles.